The van der Waals surface area contributed by atoms with E-state index in [0.29, 0.717) is 23.9 Å². The zero-order valence-corrected chi connectivity index (χ0v) is 17.5. The Balaban J connectivity index is 1.52. The van der Waals surface area contributed by atoms with E-state index in [1.54, 1.807) is 18.4 Å². The number of benzene rings is 2. The van der Waals surface area contributed by atoms with E-state index in [-0.39, 0.29) is 11.9 Å². The van der Waals surface area contributed by atoms with Gasteiger partial charge in [-0.15, -0.1) is 0 Å². The maximum atomic E-state index is 13.3. The highest BCUT2D eigenvalue weighted by atomic mass is 35.5. The number of nitrogens with zero attached hydrogens (tertiary/aromatic N) is 3. The molecule has 5 rings (SSSR count). The Morgan fingerprint density at radius 3 is 2.68 bits per heavy atom. The Kier molecular flexibility index (Phi) is 5.36. The van der Waals surface area contributed by atoms with Crippen LogP contribution in [0.4, 0.5) is 4.39 Å². The molecule has 1 N–H and O–H groups in total. The van der Waals surface area contributed by atoms with Crippen LogP contribution in [0, 0.1) is 5.82 Å². The molecule has 1 saturated heterocycles. The molecule has 1 fully saturated rings. The predicted octanol–water partition coefficient (Wildman–Crippen LogP) is 5.16. The molecule has 158 valence electrons. The summed E-state index contributed by atoms with van der Waals surface area (Å²) < 4.78 is 20.8. The minimum Gasteiger partial charge on any atom is -0.463 e. The van der Waals surface area contributed by atoms with Crippen LogP contribution in [0.1, 0.15) is 12.0 Å². The van der Waals surface area contributed by atoms with Crippen molar-refractivity contribution >= 4 is 11.6 Å². The van der Waals surface area contributed by atoms with E-state index in [1.807, 2.05) is 41.2 Å². The largest absolute Gasteiger partial charge is 0.463 e. The predicted molar refractivity (Wildman–Crippen MR) is 118 cm³/mol. The summed E-state index contributed by atoms with van der Waals surface area (Å²) in [6.45, 7) is 2.18. The van der Waals surface area contributed by atoms with Crippen LogP contribution in [0.2, 0.25) is 5.02 Å². The fourth-order valence-corrected chi connectivity index (χ4v) is 4.35. The molecule has 0 aliphatic carbocycles. The maximum absolute atomic E-state index is 13.3. The molecule has 1 aliphatic rings. The lowest BCUT2D eigenvalue weighted by molar-refractivity contribution is 0.175. The first-order chi connectivity index (χ1) is 15.1. The Hall–Kier alpha value is -2.93. The lowest BCUT2D eigenvalue weighted by Crippen LogP contribution is -2.21. The molecule has 1 aliphatic heterocycles. The maximum Gasteiger partial charge on any atom is 0.152 e. The number of rotatable bonds is 5. The second-order valence-electron chi connectivity index (χ2n) is 7.76. The van der Waals surface area contributed by atoms with Crippen molar-refractivity contribution in [1.29, 1.82) is 0 Å². The van der Waals surface area contributed by atoms with Gasteiger partial charge < -0.3 is 9.52 Å². The number of aliphatic hydroxyl groups is 1. The number of β-amino-alcohol motifs (C(OH)–C–C–N with tert-alkyl or cyclic N) is 1. The van der Waals surface area contributed by atoms with Gasteiger partial charge in [0.15, 0.2) is 5.76 Å². The molecule has 5 nitrogen and oxygen atoms in total. The monoisotopic (exact) mass is 437 g/mol. The van der Waals surface area contributed by atoms with Crippen LogP contribution in [-0.4, -0.2) is 39.0 Å². The highest BCUT2D eigenvalue weighted by molar-refractivity contribution is 6.33. The van der Waals surface area contributed by atoms with Crippen LogP contribution in [0.25, 0.3) is 28.3 Å². The zero-order chi connectivity index (χ0) is 21.4. The standard InChI is InChI=1S/C24H21ClFN3O2/c25-22-12-19(7-8-21(22)16-3-5-18(26)6-4-16)29-24(23-2-1-11-31-23)17(13-27-29)14-28-10-9-20(30)15-28/h1-8,11-13,20,30H,9-10,14-15H2. The van der Waals surface area contributed by atoms with Crippen LogP contribution in [0.15, 0.2) is 71.5 Å². The molecular weight excluding hydrogens is 417 g/mol. The smallest absolute Gasteiger partial charge is 0.152 e. The van der Waals surface area contributed by atoms with Crippen LogP contribution in [0.3, 0.4) is 0 Å². The minimum atomic E-state index is -0.283. The van der Waals surface area contributed by atoms with Crippen molar-refractivity contribution in [2.45, 2.75) is 19.1 Å². The molecule has 7 heteroatoms. The number of hydrogen-bond acceptors (Lipinski definition) is 4. The van der Waals surface area contributed by atoms with Gasteiger partial charge >= 0.3 is 0 Å². The van der Waals surface area contributed by atoms with E-state index in [2.05, 4.69) is 10.00 Å². The molecule has 1 unspecified atom stereocenters. The average molecular weight is 438 g/mol. The Morgan fingerprint density at radius 2 is 2.00 bits per heavy atom. The number of furan rings is 1. The van der Waals surface area contributed by atoms with Gasteiger partial charge in [-0.2, -0.15) is 5.10 Å². The topological polar surface area (TPSA) is 54.4 Å². The summed E-state index contributed by atoms with van der Waals surface area (Å²) in [7, 11) is 0. The van der Waals surface area contributed by atoms with Crippen LogP contribution < -0.4 is 0 Å². The zero-order valence-electron chi connectivity index (χ0n) is 16.7. The molecule has 1 atom stereocenters. The summed E-state index contributed by atoms with van der Waals surface area (Å²) in [6.07, 6.45) is 3.98. The minimum absolute atomic E-state index is 0.278. The van der Waals surface area contributed by atoms with Crippen molar-refractivity contribution in [3.63, 3.8) is 0 Å². The number of halogens is 2. The number of aliphatic hydroxyl groups excluding tert-OH is 1. The van der Waals surface area contributed by atoms with Crippen LogP contribution >= 0.6 is 11.6 Å². The summed E-state index contributed by atoms with van der Waals surface area (Å²) in [5.41, 5.74) is 4.34. The molecule has 3 heterocycles. The second kappa shape index (κ2) is 8.30. The molecule has 0 radical (unpaired) electrons. The molecule has 0 bridgehead atoms. The normalized spacial score (nSPS) is 16.8. The summed E-state index contributed by atoms with van der Waals surface area (Å²) in [4.78, 5) is 2.21. The Labute approximate surface area is 184 Å². The van der Waals surface area contributed by atoms with Crippen LogP contribution in [0.5, 0.6) is 0 Å². The van der Waals surface area contributed by atoms with E-state index in [1.165, 1.54) is 12.1 Å². The van der Waals surface area contributed by atoms with E-state index in [0.717, 1.165) is 41.0 Å². The van der Waals surface area contributed by atoms with Gasteiger partial charge in [-0.05, 0) is 48.4 Å². The molecule has 0 amide bonds. The molecule has 31 heavy (non-hydrogen) atoms. The number of likely N-dealkylation sites (tertiary alicyclic amines) is 1. The van der Waals surface area contributed by atoms with Gasteiger partial charge in [-0.25, -0.2) is 9.07 Å². The van der Waals surface area contributed by atoms with E-state index >= 15 is 0 Å². The van der Waals surface area contributed by atoms with Gasteiger partial charge in [-0.1, -0.05) is 29.8 Å². The van der Waals surface area contributed by atoms with Gasteiger partial charge in [0.1, 0.15) is 11.5 Å². The van der Waals surface area contributed by atoms with E-state index in [9.17, 15) is 9.50 Å². The van der Waals surface area contributed by atoms with Crippen molar-refractivity contribution < 1.29 is 13.9 Å². The van der Waals surface area contributed by atoms with E-state index < -0.39 is 0 Å². The summed E-state index contributed by atoms with van der Waals surface area (Å²) in [6, 6.07) is 15.7. The SMILES string of the molecule is OC1CCN(Cc2cnn(-c3ccc(-c4ccc(F)cc4)c(Cl)c3)c2-c2ccco2)C1. The molecule has 2 aromatic carbocycles. The Bertz CT molecular complexity index is 1190. The number of aromatic nitrogens is 2. The first-order valence-corrected chi connectivity index (χ1v) is 10.5. The summed E-state index contributed by atoms with van der Waals surface area (Å²) in [5, 5.41) is 15.0. The molecule has 2 aromatic heterocycles. The third-order valence-electron chi connectivity index (χ3n) is 5.59. The first kappa shape index (κ1) is 20.0. The molecule has 0 spiro atoms. The van der Waals surface area contributed by atoms with Gasteiger partial charge in [0.25, 0.3) is 0 Å². The van der Waals surface area contributed by atoms with Crippen LogP contribution in [-0.2, 0) is 6.54 Å². The fourth-order valence-electron chi connectivity index (χ4n) is 4.07. The van der Waals surface area contributed by atoms with Crippen molar-refractivity contribution in [2.24, 2.45) is 0 Å². The highest BCUT2D eigenvalue weighted by Crippen LogP contribution is 2.33. The van der Waals surface area contributed by atoms with Crippen molar-refractivity contribution in [3.8, 4) is 28.3 Å². The average Bonchev–Trinajstić information content (AvgIpc) is 3.50. The molecule has 0 saturated carbocycles. The molecular formula is C24H21ClFN3O2. The molecule has 4 aromatic rings. The lowest BCUT2D eigenvalue weighted by atomic mass is 10.1. The summed E-state index contributed by atoms with van der Waals surface area (Å²) >= 11 is 6.60. The quantitative estimate of drug-likeness (QED) is 0.468. The third kappa shape index (κ3) is 4.02. The second-order valence-corrected chi connectivity index (χ2v) is 8.16. The van der Waals surface area contributed by atoms with E-state index in [4.69, 9.17) is 16.0 Å². The third-order valence-corrected chi connectivity index (χ3v) is 5.91. The summed E-state index contributed by atoms with van der Waals surface area (Å²) in [5.74, 6) is 0.431. The van der Waals surface area contributed by atoms with Gasteiger partial charge in [0.05, 0.1) is 29.3 Å². The van der Waals surface area contributed by atoms with Crippen molar-refractivity contribution in [1.82, 2.24) is 14.7 Å². The lowest BCUT2D eigenvalue weighted by Gasteiger charge is -2.15. The van der Waals surface area contributed by atoms with Gasteiger partial charge in [-0.3, -0.25) is 4.90 Å². The van der Waals surface area contributed by atoms with Crippen molar-refractivity contribution in [3.05, 3.63) is 83.5 Å². The van der Waals surface area contributed by atoms with Gasteiger partial charge in [0, 0.05) is 30.8 Å². The Morgan fingerprint density at radius 1 is 1.16 bits per heavy atom. The highest BCUT2D eigenvalue weighted by Gasteiger charge is 2.24. The van der Waals surface area contributed by atoms with Gasteiger partial charge in [0.2, 0.25) is 0 Å². The first-order valence-electron chi connectivity index (χ1n) is 10.2. The number of hydrogen-bond donors (Lipinski definition) is 1. The van der Waals surface area contributed by atoms with Crippen molar-refractivity contribution in [2.75, 3.05) is 13.1 Å². The fraction of sp³-hybridized carbons (Fsp3) is 0.208.